The minimum Gasteiger partial charge on any atom is -0.450 e. The number of ether oxygens (including phenoxy) is 1. The smallest absolute Gasteiger partial charge is 0.374 e. The van der Waals surface area contributed by atoms with E-state index in [4.69, 9.17) is 20.8 Å². The number of hydrogen-bond donors (Lipinski definition) is 0. The lowest BCUT2D eigenvalue weighted by Crippen LogP contribution is -2.31. The molecule has 0 atom stereocenters. The van der Waals surface area contributed by atoms with Crippen molar-refractivity contribution in [3.05, 3.63) is 65.4 Å². The molecule has 0 aliphatic carbocycles. The number of halogens is 1. The average Bonchev–Trinajstić information content (AvgIpc) is 3.02. The number of nitrogens with zero attached hydrogens (tertiary/aromatic N) is 1. The number of rotatable bonds is 4. The number of fused-ring (bicyclic) bond motifs is 1. The van der Waals surface area contributed by atoms with E-state index in [0.29, 0.717) is 16.0 Å². The molecule has 0 N–H and O–H groups in total. The maximum absolute atomic E-state index is 12.1. The van der Waals surface area contributed by atoms with Crippen molar-refractivity contribution < 1.29 is 18.7 Å². The van der Waals surface area contributed by atoms with Crippen LogP contribution in [0.25, 0.3) is 11.0 Å². The summed E-state index contributed by atoms with van der Waals surface area (Å²) in [5, 5.41) is 1.24. The first-order valence-corrected chi connectivity index (χ1v) is 7.60. The van der Waals surface area contributed by atoms with Crippen LogP contribution in [0.1, 0.15) is 10.6 Å². The normalized spacial score (nSPS) is 10.6. The number of carbonyl (C=O) groups excluding carboxylic acids is 2. The van der Waals surface area contributed by atoms with Crippen molar-refractivity contribution in [2.45, 2.75) is 0 Å². The highest BCUT2D eigenvalue weighted by atomic mass is 35.5. The highest BCUT2D eigenvalue weighted by molar-refractivity contribution is 6.31. The van der Waals surface area contributed by atoms with Gasteiger partial charge >= 0.3 is 5.97 Å². The van der Waals surface area contributed by atoms with Crippen LogP contribution in [0, 0.1) is 0 Å². The Hall–Kier alpha value is -2.79. The molecule has 0 radical (unpaired) electrons. The van der Waals surface area contributed by atoms with Crippen LogP contribution in [-0.4, -0.2) is 25.5 Å². The molecule has 1 amide bonds. The molecule has 5 nitrogen and oxygen atoms in total. The Bertz CT molecular complexity index is 888. The van der Waals surface area contributed by atoms with Gasteiger partial charge in [0.05, 0.1) is 0 Å². The predicted octanol–water partition coefficient (Wildman–Crippen LogP) is 3.91. The third-order valence-corrected chi connectivity index (χ3v) is 3.76. The van der Waals surface area contributed by atoms with Crippen molar-refractivity contribution in [2.24, 2.45) is 0 Å². The van der Waals surface area contributed by atoms with Crippen molar-refractivity contribution in [1.82, 2.24) is 0 Å². The lowest BCUT2D eigenvalue weighted by Gasteiger charge is -2.16. The fourth-order valence-electron chi connectivity index (χ4n) is 2.21. The molecule has 3 aromatic rings. The van der Waals surface area contributed by atoms with E-state index in [-0.39, 0.29) is 18.3 Å². The molecule has 6 heteroatoms. The molecule has 0 aliphatic heterocycles. The molecular formula is C18H14ClNO4. The van der Waals surface area contributed by atoms with Crippen LogP contribution in [0.2, 0.25) is 5.02 Å². The number of benzene rings is 2. The molecule has 0 saturated heterocycles. The zero-order valence-corrected chi connectivity index (χ0v) is 13.6. The molecular weight excluding hydrogens is 330 g/mol. The van der Waals surface area contributed by atoms with E-state index in [9.17, 15) is 9.59 Å². The fourth-order valence-corrected chi connectivity index (χ4v) is 2.39. The Kier molecular flexibility index (Phi) is 4.53. The summed E-state index contributed by atoms with van der Waals surface area (Å²) in [7, 11) is 1.62. The minimum atomic E-state index is -0.697. The van der Waals surface area contributed by atoms with Crippen LogP contribution in [0.3, 0.4) is 0 Å². The molecule has 0 fully saturated rings. The molecule has 1 aromatic heterocycles. The zero-order chi connectivity index (χ0) is 17.1. The van der Waals surface area contributed by atoms with Crippen LogP contribution in [0.15, 0.2) is 59.0 Å². The maximum atomic E-state index is 12.1. The van der Waals surface area contributed by atoms with Crippen molar-refractivity contribution >= 4 is 40.1 Å². The molecule has 0 spiro atoms. The Morgan fingerprint density at radius 3 is 2.62 bits per heavy atom. The molecule has 0 aliphatic rings. The van der Waals surface area contributed by atoms with Gasteiger partial charge in [0.15, 0.2) is 6.61 Å². The van der Waals surface area contributed by atoms with Gasteiger partial charge in [0.25, 0.3) is 5.91 Å². The van der Waals surface area contributed by atoms with E-state index in [1.807, 2.05) is 18.2 Å². The summed E-state index contributed by atoms with van der Waals surface area (Å²) >= 11 is 5.90. The molecule has 2 aromatic carbocycles. The van der Waals surface area contributed by atoms with Gasteiger partial charge in [-0.25, -0.2) is 4.79 Å². The quantitative estimate of drug-likeness (QED) is 0.674. The molecule has 1 heterocycles. The second-order valence-corrected chi connectivity index (χ2v) is 5.59. The molecule has 0 bridgehead atoms. The van der Waals surface area contributed by atoms with Crippen LogP contribution in [0.5, 0.6) is 0 Å². The lowest BCUT2D eigenvalue weighted by atomic mass is 10.2. The van der Waals surface area contributed by atoms with Gasteiger partial charge in [-0.3, -0.25) is 4.79 Å². The fraction of sp³-hybridized carbons (Fsp3) is 0.111. The summed E-state index contributed by atoms with van der Waals surface area (Å²) in [4.78, 5) is 25.6. The van der Waals surface area contributed by atoms with E-state index in [1.54, 1.807) is 37.4 Å². The number of likely N-dealkylation sites (N-methyl/N-ethyl adjacent to an activating group) is 1. The number of esters is 1. The minimum absolute atomic E-state index is 0.0300. The number of anilines is 1. The molecule has 24 heavy (non-hydrogen) atoms. The van der Waals surface area contributed by atoms with Crippen molar-refractivity contribution in [1.29, 1.82) is 0 Å². The highest BCUT2D eigenvalue weighted by Crippen LogP contribution is 2.23. The monoisotopic (exact) mass is 343 g/mol. The second-order valence-electron chi connectivity index (χ2n) is 5.16. The summed E-state index contributed by atoms with van der Waals surface area (Å²) < 4.78 is 10.4. The highest BCUT2D eigenvalue weighted by Gasteiger charge is 2.17. The number of furan rings is 1. The van der Waals surface area contributed by atoms with Gasteiger partial charge in [-0.1, -0.05) is 29.8 Å². The largest absolute Gasteiger partial charge is 0.450 e. The van der Waals surface area contributed by atoms with Crippen LogP contribution >= 0.6 is 11.6 Å². The molecule has 3 rings (SSSR count). The SMILES string of the molecule is CN(C(=O)COC(=O)c1cc2cc(Cl)ccc2o1)c1ccccc1. The Morgan fingerprint density at radius 1 is 1.12 bits per heavy atom. The van der Waals surface area contributed by atoms with Gasteiger partial charge in [0, 0.05) is 23.1 Å². The summed E-state index contributed by atoms with van der Waals surface area (Å²) in [6, 6.07) is 15.7. The average molecular weight is 344 g/mol. The number of carbonyl (C=O) groups is 2. The van der Waals surface area contributed by atoms with E-state index in [0.717, 1.165) is 5.69 Å². The van der Waals surface area contributed by atoms with Gasteiger partial charge in [-0.15, -0.1) is 0 Å². The topological polar surface area (TPSA) is 59.8 Å². The predicted molar refractivity (Wildman–Crippen MR) is 91.4 cm³/mol. The summed E-state index contributed by atoms with van der Waals surface area (Å²) in [6.07, 6.45) is 0. The van der Waals surface area contributed by atoms with Gasteiger partial charge in [0.1, 0.15) is 5.58 Å². The Morgan fingerprint density at radius 2 is 1.88 bits per heavy atom. The van der Waals surface area contributed by atoms with Gasteiger partial charge < -0.3 is 14.1 Å². The van der Waals surface area contributed by atoms with Gasteiger partial charge in [0.2, 0.25) is 5.76 Å². The third kappa shape index (κ3) is 3.41. The first-order valence-electron chi connectivity index (χ1n) is 7.22. The van der Waals surface area contributed by atoms with E-state index in [2.05, 4.69) is 0 Å². The number of para-hydroxylation sites is 1. The zero-order valence-electron chi connectivity index (χ0n) is 12.9. The molecule has 122 valence electrons. The standard InChI is InChI=1S/C18H14ClNO4/c1-20(14-5-3-2-4-6-14)17(21)11-23-18(22)16-10-12-9-13(19)7-8-15(12)24-16/h2-10H,11H2,1H3. The van der Waals surface area contributed by atoms with Crippen LogP contribution in [0.4, 0.5) is 5.69 Å². The first-order chi connectivity index (χ1) is 11.5. The van der Waals surface area contributed by atoms with Crippen molar-refractivity contribution in [3.8, 4) is 0 Å². The van der Waals surface area contributed by atoms with E-state index < -0.39 is 5.97 Å². The Labute approximate surface area is 143 Å². The van der Waals surface area contributed by atoms with E-state index in [1.165, 1.54) is 11.0 Å². The number of hydrogen-bond acceptors (Lipinski definition) is 4. The molecule has 0 saturated carbocycles. The van der Waals surface area contributed by atoms with Gasteiger partial charge in [-0.2, -0.15) is 0 Å². The lowest BCUT2D eigenvalue weighted by molar-refractivity contribution is -0.121. The van der Waals surface area contributed by atoms with Crippen LogP contribution < -0.4 is 4.90 Å². The molecule has 0 unspecified atom stereocenters. The maximum Gasteiger partial charge on any atom is 0.374 e. The summed E-state index contributed by atoms with van der Waals surface area (Å²) in [6.45, 7) is -0.373. The third-order valence-electron chi connectivity index (χ3n) is 3.52. The second kappa shape index (κ2) is 6.76. The Balaban J connectivity index is 1.65. The number of amides is 1. The van der Waals surface area contributed by atoms with E-state index >= 15 is 0 Å². The van der Waals surface area contributed by atoms with Crippen LogP contribution in [-0.2, 0) is 9.53 Å². The van der Waals surface area contributed by atoms with Gasteiger partial charge in [-0.05, 0) is 36.4 Å². The summed E-state index contributed by atoms with van der Waals surface area (Å²) in [5.41, 5.74) is 1.25. The first kappa shape index (κ1) is 16.1. The van der Waals surface area contributed by atoms with Crippen molar-refractivity contribution in [3.63, 3.8) is 0 Å². The summed E-state index contributed by atoms with van der Waals surface area (Å²) in [5.74, 6) is -1.01. The van der Waals surface area contributed by atoms with Crippen molar-refractivity contribution in [2.75, 3.05) is 18.6 Å².